The molecule has 3 heterocycles. The molecule has 0 radical (unpaired) electrons. The van der Waals surface area contributed by atoms with Crippen molar-refractivity contribution in [2.24, 2.45) is 7.05 Å². The first-order chi connectivity index (χ1) is 12.1. The summed E-state index contributed by atoms with van der Waals surface area (Å²) >= 11 is 0. The first-order valence-corrected chi connectivity index (χ1v) is 8.43. The lowest BCUT2D eigenvalue weighted by Crippen LogP contribution is -2.46. The monoisotopic (exact) mass is 340 g/mol. The molecular formula is C18H20N4O3. The highest BCUT2D eigenvalue weighted by Crippen LogP contribution is 2.34. The van der Waals surface area contributed by atoms with Crippen LogP contribution < -0.4 is 9.64 Å². The van der Waals surface area contributed by atoms with E-state index >= 15 is 0 Å². The standard InChI is InChI=1S/C18H20N4O3/c1-20-10-13(9-19-20)14-6-4-8-21(14)17(23)11-22-15-5-2-3-7-16(15)25-12-18(22)24/h2-3,5,7,9-10,14H,4,6,8,11-12H2,1H3/t14-/m0/s1. The van der Waals surface area contributed by atoms with Crippen LogP contribution in [0, 0.1) is 0 Å². The number of nitrogens with zero attached hydrogens (tertiary/aromatic N) is 4. The SMILES string of the molecule is Cn1cc([C@@H]2CCCN2C(=O)CN2C(=O)COc3ccccc32)cn1. The van der Waals surface area contributed by atoms with Gasteiger partial charge < -0.3 is 9.64 Å². The zero-order chi connectivity index (χ0) is 17.4. The first-order valence-electron chi connectivity index (χ1n) is 8.43. The van der Waals surface area contributed by atoms with E-state index in [0.29, 0.717) is 18.0 Å². The van der Waals surface area contributed by atoms with E-state index in [1.165, 1.54) is 4.90 Å². The van der Waals surface area contributed by atoms with Crippen molar-refractivity contribution in [1.29, 1.82) is 0 Å². The number of amides is 2. The zero-order valence-electron chi connectivity index (χ0n) is 14.1. The summed E-state index contributed by atoms with van der Waals surface area (Å²) < 4.78 is 7.19. The van der Waals surface area contributed by atoms with Crippen LogP contribution in [0.5, 0.6) is 5.75 Å². The van der Waals surface area contributed by atoms with E-state index in [0.717, 1.165) is 18.4 Å². The predicted molar refractivity (Wildman–Crippen MR) is 91.2 cm³/mol. The average molecular weight is 340 g/mol. The number of benzene rings is 1. The molecule has 2 amide bonds. The van der Waals surface area contributed by atoms with Crippen molar-refractivity contribution in [3.05, 3.63) is 42.2 Å². The highest BCUT2D eigenvalue weighted by Gasteiger charge is 2.34. The van der Waals surface area contributed by atoms with Crippen LogP contribution in [0.4, 0.5) is 5.69 Å². The van der Waals surface area contributed by atoms with Crippen LogP contribution in [-0.4, -0.2) is 46.2 Å². The number of carbonyl (C=O) groups is 2. The van der Waals surface area contributed by atoms with Gasteiger partial charge in [0.1, 0.15) is 12.3 Å². The summed E-state index contributed by atoms with van der Waals surface area (Å²) in [5, 5.41) is 4.21. The van der Waals surface area contributed by atoms with Gasteiger partial charge >= 0.3 is 0 Å². The minimum atomic E-state index is -0.191. The second kappa shape index (κ2) is 6.23. The molecule has 2 aromatic rings. The van der Waals surface area contributed by atoms with Gasteiger partial charge in [0.05, 0.1) is 17.9 Å². The summed E-state index contributed by atoms with van der Waals surface area (Å²) in [6.45, 7) is 0.713. The molecule has 1 saturated heterocycles. The number of carbonyl (C=O) groups excluding carboxylic acids is 2. The van der Waals surface area contributed by atoms with Crippen molar-refractivity contribution in [2.75, 3.05) is 24.6 Å². The van der Waals surface area contributed by atoms with E-state index in [1.54, 1.807) is 4.68 Å². The predicted octanol–water partition coefficient (Wildman–Crippen LogP) is 1.51. The molecule has 1 atom stereocenters. The number of hydrogen-bond donors (Lipinski definition) is 0. The zero-order valence-corrected chi connectivity index (χ0v) is 14.1. The number of likely N-dealkylation sites (tertiary alicyclic amines) is 1. The number of anilines is 1. The third kappa shape index (κ3) is 2.86. The number of rotatable bonds is 3. The van der Waals surface area contributed by atoms with Crippen molar-refractivity contribution in [1.82, 2.24) is 14.7 Å². The quantitative estimate of drug-likeness (QED) is 0.849. The van der Waals surface area contributed by atoms with E-state index in [1.807, 2.05) is 48.6 Å². The Hall–Kier alpha value is -2.83. The van der Waals surface area contributed by atoms with Crippen molar-refractivity contribution in [3.63, 3.8) is 0 Å². The lowest BCUT2D eigenvalue weighted by molar-refractivity contribution is -0.132. The Morgan fingerprint density at radius 2 is 2.20 bits per heavy atom. The summed E-state index contributed by atoms with van der Waals surface area (Å²) in [4.78, 5) is 28.6. The van der Waals surface area contributed by atoms with Crippen LogP contribution in [0.1, 0.15) is 24.4 Å². The molecular weight excluding hydrogens is 320 g/mol. The van der Waals surface area contributed by atoms with Crippen LogP contribution in [0.15, 0.2) is 36.7 Å². The molecule has 25 heavy (non-hydrogen) atoms. The molecule has 4 rings (SSSR count). The summed E-state index contributed by atoms with van der Waals surface area (Å²) in [6, 6.07) is 7.35. The first kappa shape index (κ1) is 15.7. The number of fused-ring (bicyclic) bond motifs is 1. The van der Waals surface area contributed by atoms with Gasteiger partial charge in [-0.2, -0.15) is 5.10 Å². The molecule has 1 fully saturated rings. The topological polar surface area (TPSA) is 67.7 Å². The van der Waals surface area contributed by atoms with Gasteiger partial charge in [-0.05, 0) is 25.0 Å². The average Bonchev–Trinajstić information content (AvgIpc) is 3.26. The van der Waals surface area contributed by atoms with E-state index in [4.69, 9.17) is 4.74 Å². The summed E-state index contributed by atoms with van der Waals surface area (Å²) in [5.41, 5.74) is 1.70. The maximum Gasteiger partial charge on any atom is 0.265 e. The van der Waals surface area contributed by atoms with E-state index in [9.17, 15) is 9.59 Å². The largest absolute Gasteiger partial charge is 0.482 e. The Bertz CT molecular complexity index is 816. The second-order valence-electron chi connectivity index (χ2n) is 6.43. The molecule has 0 bridgehead atoms. The number of para-hydroxylation sites is 2. The number of aryl methyl sites for hydroxylation is 1. The van der Waals surface area contributed by atoms with Gasteiger partial charge in [-0.3, -0.25) is 19.2 Å². The molecule has 7 nitrogen and oxygen atoms in total. The summed E-state index contributed by atoms with van der Waals surface area (Å²) in [5.74, 6) is 0.403. The Kier molecular flexibility index (Phi) is 3.91. The third-order valence-corrected chi connectivity index (χ3v) is 4.78. The molecule has 0 unspecified atom stereocenters. The number of hydrogen-bond acceptors (Lipinski definition) is 4. The summed E-state index contributed by atoms with van der Waals surface area (Å²) in [7, 11) is 1.87. The van der Waals surface area contributed by atoms with Gasteiger partial charge in [0.2, 0.25) is 5.91 Å². The normalized spacial score (nSPS) is 19.7. The van der Waals surface area contributed by atoms with Crippen molar-refractivity contribution < 1.29 is 14.3 Å². The minimum Gasteiger partial charge on any atom is -0.482 e. The molecule has 7 heteroatoms. The molecule has 130 valence electrons. The third-order valence-electron chi connectivity index (χ3n) is 4.78. The molecule has 0 N–H and O–H groups in total. The van der Waals surface area contributed by atoms with Crippen LogP contribution in [0.25, 0.3) is 0 Å². The molecule has 0 spiro atoms. The fourth-order valence-corrected chi connectivity index (χ4v) is 3.58. The molecule has 0 aliphatic carbocycles. The molecule has 1 aromatic carbocycles. The number of aromatic nitrogens is 2. The van der Waals surface area contributed by atoms with E-state index in [2.05, 4.69) is 5.10 Å². The Morgan fingerprint density at radius 3 is 3.00 bits per heavy atom. The van der Waals surface area contributed by atoms with Crippen LogP contribution in [0.2, 0.25) is 0 Å². The highest BCUT2D eigenvalue weighted by molar-refractivity contribution is 6.02. The van der Waals surface area contributed by atoms with Gasteiger partial charge in [-0.1, -0.05) is 12.1 Å². The smallest absolute Gasteiger partial charge is 0.265 e. The lowest BCUT2D eigenvalue weighted by atomic mass is 10.1. The van der Waals surface area contributed by atoms with Crippen LogP contribution in [0.3, 0.4) is 0 Å². The lowest BCUT2D eigenvalue weighted by Gasteiger charge is -2.31. The molecule has 0 saturated carbocycles. The Balaban J connectivity index is 1.54. The van der Waals surface area contributed by atoms with Crippen molar-refractivity contribution in [2.45, 2.75) is 18.9 Å². The maximum atomic E-state index is 12.9. The Labute approximate surface area is 145 Å². The van der Waals surface area contributed by atoms with Crippen molar-refractivity contribution in [3.8, 4) is 5.75 Å². The highest BCUT2D eigenvalue weighted by atomic mass is 16.5. The van der Waals surface area contributed by atoms with Gasteiger partial charge in [0.25, 0.3) is 5.91 Å². The molecule has 1 aromatic heterocycles. The van der Waals surface area contributed by atoms with Crippen LogP contribution >= 0.6 is 0 Å². The maximum absolute atomic E-state index is 12.9. The molecule has 2 aliphatic rings. The Morgan fingerprint density at radius 1 is 1.36 bits per heavy atom. The molecule has 2 aliphatic heterocycles. The van der Waals surface area contributed by atoms with Gasteiger partial charge in [0.15, 0.2) is 6.61 Å². The van der Waals surface area contributed by atoms with Gasteiger partial charge in [0, 0.05) is 25.4 Å². The fraction of sp³-hybridized carbons (Fsp3) is 0.389. The van der Waals surface area contributed by atoms with Crippen molar-refractivity contribution >= 4 is 17.5 Å². The van der Waals surface area contributed by atoms with E-state index < -0.39 is 0 Å². The summed E-state index contributed by atoms with van der Waals surface area (Å²) in [6.07, 6.45) is 5.64. The fourth-order valence-electron chi connectivity index (χ4n) is 3.58. The number of ether oxygens (including phenoxy) is 1. The second-order valence-corrected chi connectivity index (χ2v) is 6.43. The van der Waals surface area contributed by atoms with E-state index in [-0.39, 0.29) is 31.0 Å². The van der Waals surface area contributed by atoms with Gasteiger partial charge in [-0.25, -0.2) is 0 Å². The van der Waals surface area contributed by atoms with Gasteiger partial charge in [-0.15, -0.1) is 0 Å². The minimum absolute atomic E-state index is 0.0314. The van der Waals surface area contributed by atoms with Crippen LogP contribution in [-0.2, 0) is 16.6 Å².